The maximum Gasteiger partial charge on any atom is 0.289 e. The van der Waals surface area contributed by atoms with Crippen LogP contribution in [-0.2, 0) is 4.79 Å². The Labute approximate surface area is 117 Å². The topological polar surface area (TPSA) is 74.0 Å². The summed E-state index contributed by atoms with van der Waals surface area (Å²) < 4.78 is 5.16. The van der Waals surface area contributed by atoms with Gasteiger partial charge in [0.25, 0.3) is 5.91 Å². The number of piperidine rings is 2. The van der Waals surface area contributed by atoms with Gasteiger partial charge in [0.15, 0.2) is 5.76 Å². The lowest BCUT2D eigenvalue weighted by Gasteiger charge is -2.45. The summed E-state index contributed by atoms with van der Waals surface area (Å²) in [7, 11) is 0. The molecule has 6 nitrogen and oxygen atoms in total. The minimum absolute atomic E-state index is 0.0772. The van der Waals surface area contributed by atoms with E-state index in [0.717, 1.165) is 6.42 Å². The first kappa shape index (κ1) is 13.2. The van der Waals surface area contributed by atoms with E-state index in [9.17, 15) is 9.59 Å². The maximum atomic E-state index is 12.3. The third-order valence-corrected chi connectivity index (χ3v) is 4.09. The van der Waals surface area contributed by atoms with Crippen LogP contribution in [0.4, 0.5) is 0 Å². The highest BCUT2D eigenvalue weighted by atomic mass is 16.3. The molecule has 0 saturated carbocycles. The van der Waals surface area contributed by atoms with Crippen molar-refractivity contribution >= 4 is 11.8 Å². The van der Waals surface area contributed by atoms with Crippen molar-refractivity contribution in [2.45, 2.75) is 6.42 Å². The zero-order chi connectivity index (χ0) is 14.1. The van der Waals surface area contributed by atoms with Crippen molar-refractivity contribution in [2.75, 3.05) is 32.8 Å². The van der Waals surface area contributed by atoms with E-state index in [0.29, 0.717) is 31.9 Å². The number of hydrogen-bond acceptors (Lipinski definition) is 4. The van der Waals surface area contributed by atoms with Gasteiger partial charge in [-0.2, -0.15) is 0 Å². The molecule has 2 atom stereocenters. The summed E-state index contributed by atoms with van der Waals surface area (Å²) in [6.45, 7) is 2.10. The Hall–Kier alpha value is -1.82. The molecule has 108 valence electrons. The zero-order valence-corrected chi connectivity index (χ0v) is 11.2. The average Bonchev–Trinajstić information content (AvgIpc) is 2.98. The monoisotopic (exact) mass is 278 g/mol. The van der Waals surface area contributed by atoms with Gasteiger partial charge in [0, 0.05) is 26.2 Å². The lowest BCUT2D eigenvalue weighted by molar-refractivity contribution is -0.138. The number of amides is 2. The van der Waals surface area contributed by atoms with Gasteiger partial charge in [-0.25, -0.2) is 0 Å². The Morgan fingerprint density at radius 2 is 1.85 bits per heavy atom. The van der Waals surface area contributed by atoms with E-state index >= 15 is 0 Å². The second kappa shape index (κ2) is 5.28. The molecule has 0 radical (unpaired) electrons. The largest absolute Gasteiger partial charge is 0.459 e. The lowest BCUT2D eigenvalue weighted by Crippen LogP contribution is -2.55. The first-order valence-electron chi connectivity index (χ1n) is 6.88. The van der Waals surface area contributed by atoms with Crippen molar-refractivity contribution in [2.24, 2.45) is 11.8 Å². The van der Waals surface area contributed by atoms with Crippen LogP contribution < -0.4 is 0 Å². The first-order chi connectivity index (χ1) is 9.67. The fraction of sp³-hybridized carbons (Fsp3) is 0.571. The summed E-state index contributed by atoms with van der Waals surface area (Å²) in [5, 5.41) is 8.95. The van der Waals surface area contributed by atoms with E-state index in [2.05, 4.69) is 0 Å². The molecular weight excluding hydrogens is 260 g/mol. The highest BCUT2D eigenvalue weighted by molar-refractivity contribution is 5.91. The van der Waals surface area contributed by atoms with Gasteiger partial charge in [0.2, 0.25) is 5.91 Å². The van der Waals surface area contributed by atoms with E-state index in [1.165, 1.54) is 6.26 Å². The van der Waals surface area contributed by atoms with Crippen molar-refractivity contribution < 1.29 is 19.1 Å². The van der Waals surface area contributed by atoms with Gasteiger partial charge in [-0.05, 0) is 30.4 Å². The molecule has 0 aliphatic carbocycles. The predicted molar refractivity (Wildman–Crippen MR) is 69.9 cm³/mol. The van der Waals surface area contributed by atoms with Crippen LogP contribution in [0.15, 0.2) is 22.8 Å². The summed E-state index contributed by atoms with van der Waals surface area (Å²) in [4.78, 5) is 27.4. The van der Waals surface area contributed by atoms with Gasteiger partial charge in [0.1, 0.15) is 6.61 Å². The quantitative estimate of drug-likeness (QED) is 0.838. The molecule has 2 amide bonds. The molecule has 2 fully saturated rings. The minimum atomic E-state index is -0.436. The van der Waals surface area contributed by atoms with Crippen LogP contribution in [0.3, 0.4) is 0 Å². The number of aliphatic hydroxyl groups excluding tert-OH is 1. The maximum absolute atomic E-state index is 12.3. The van der Waals surface area contributed by atoms with Crippen molar-refractivity contribution in [3.8, 4) is 0 Å². The normalized spacial score (nSPS) is 25.6. The third-order valence-electron chi connectivity index (χ3n) is 4.09. The summed E-state index contributed by atoms with van der Waals surface area (Å²) in [6.07, 6.45) is 2.54. The Morgan fingerprint density at radius 1 is 1.20 bits per heavy atom. The van der Waals surface area contributed by atoms with Crippen LogP contribution in [0, 0.1) is 11.8 Å². The Bertz CT molecular complexity index is 485. The summed E-state index contributed by atoms with van der Waals surface area (Å²) >= 11 is 0. The second-order valence-corrected chi connectivity index (χ2v) is 5.61. The number of furan rings is 1. The van der Waals surface area contributed by atoms with Crippen molar-refractivity contribution in [1.82, 2.24) is 9.80 Å². The number of fused-ring (bicyclic) bond motifs is 2. The molecule has 1 aromatic rings. The highest BCUT2D eigenvalue weighted by Gasteiger charge is 2.37. The Kier molecular flexibility index (Phi) is 3.48. The molecule has 2 aliphatic rings. The van der Waals surface area contributed by atoms with Crippen LogP contribution in [0.2, 0.25) is 0 Å². The zero-order valence-electron chi connectivity index (χ0n) is 11.2. The van der Waals surface area contributed by atoms with E-state index in [4.69, 9.17) is 9.52 Å². The fourth-order valence-corrected chi connectivity index (χ4v) is 3.31. The van der Waals surface area contributed by atoms with Gasteiger partial charge >= 0.3 is 0 Å². The molecule has 2 unspecified atom stereocenters. The predicted octanol–water partition coefficient (Wildman–Crippen LogP) is 0.192. The second-order valence-electron chi connectivity index (χ2n) is 5.61. The summed E-state index contributed by atoms with van der Waals surface area (Å²) in [5.41, 5.74) is 0. The standard InChI is InChI=1S/C14H18N2O4/c17-9-13(18)15-5-10-4-11(6-15)8-16(7-10)14(19)12-2-1-3-20-12/h1-3,10-11,17H,4-9H2. The van der Waals surface area contributed by atoms with Crippen LogP contribution in [0.25, 0.3) is 0 Å². The number of likely N-dealkylation sites (tertiary alicyclic amines) is 2. The number of hydrogen-bond donors (Lipinski definition) is 1. The van der Waals surface area contributed by atoms with Crippen LogP contribution in [0.1, 0.15) is 17.0 Å². The number of carbonyl (C=O) groups is 2. The van der Waals surface area contributed by atoms with Crippen molar-refractivity contribution in [3.63, 3.8) is 0 Å². The summed E-state index contributed by atoms with van der Waals surface area (Å²) in [5.74, 6) is 0.652. The molecule has 3 heterocycles. The number of carbonyl (C=O) groups excluding carboxylic acids is 2. The lowest BCUT2D eigenvalue weighted by atomic mass is 9.84. The molecule has 3 rings (SSSR count). The van der Waals surface area contributed by atoms with Crippen molar-refractivity contribution in [3.05, 3.63) is 24.2 Å². The molecule has 1 N–H and O–H groups in total. The van der Waals surface area contributed by atoms with Gasteiger partial charge in [0.05, 0.1) is 6.26 Å². The molecule has 0 spiro atoms. The average molecular weight is 278 g/mol. The molecule has 2 bridgehead atoms. The molecule has 0 aromatic carbocycles. The molecular formula is C14H18N2O4. The minimum Gasteiger partial charge on any atom is -0.459 e. The number of nitrogens with zero attached hydrogens (tertiary/aromatic N) is 2. The van der Waals surface area contributed by atoms with E-state index in [-0.39, 0.29) is 23.7 Å². The smallest absolute Gasteiger partial charge is 0.289 e. The van der Waals surface area contributed by atoms with Gasteiger partial charge in [-0.1, -0.05) is 0 Å². The van der Waals surface area contributed by atoms with E-state index < -0.39 is 6.61 Å². The molecule has 20 heavy (non-hydrogen) atoms. The van der Waals surface area contributed by atoms with Gasteiger partial charge < -0.3 is 19.3 Å². The SMILES string of the molecule is O=C(CO)N1CC2CC(C1)CN(C(=O)c1ccco1)C2. The third kappa shape index (κ3) is 2.43. The highest BCUT2D eigenvalue weighted by Crippen LogP contribution is 2.29. The van der Waals surface area contributed by atoms with Crippen LogP contribution in [-0.4, -0.2) is 59.5 Å². The fourth-order valence-electron chi connectivity index (χ4n) is 3.31. The molecule has 2 aliphatic heterocycles. The number of aliphatic hydroxyl groups is 1. The molecule has 6 heteroatoms. The molecule has 1 aromatic heterocycles. The van der Waals surface area contributed by atoms with Gasteiger partial charge in [-0.3, -0.25) is 9.59 Å². The van der Waals surface area contributed by atoms with Crippen LogP contribution in [0.5, 0.6) is 0 Å². The van der Waals surface area contributed by atoms with E-state index in [1.807, 2.05) is 4.90 Å². The summed E-state index contributed by atoms with van der Waals surface area (Å²) in [6, 6.07) is 3.38. The van der Waals surface area contributed by atoms with Crippen molar-refractivity contribution in [1.29, 1.82) is 0 Å². The Balaban J connectivity index is 1.67. The number of rotatable bonds is 2. The first-order valence-corrected chi connectivity index (χ1v) is 6.88. The molecule has 2 saturated heterocycles. The van der Waals surface area contributed by atoms with E-state index in [1.54, 1.807) is 17.0 Å². The van der Waals surface area contributed by atoms with Gasteiger partial charge in [-0.15, -0.1) is 0 Å². The Morgan fingerprint density at radius 3 is 2.40 bits per heavy atom. The van der Waals surface area contributed by atoms with Crippen LogP contribution >= 0.6 is 0 Å².